The molecule has 164 valence electrons. The fourth-order valence-corrected chi connectivity index (χ4v) is 3.74. The summed E-state index contributed by atoms with van der Waals surface area (Å²) in [7, 11) is 5.07. The Morgan fingerprint density at radius 1 is 1.25 bits per heavy atom. The summed E-state index contributed by atoms with van der Waals surface area (Å²) in [6.07, 6.45) is 5.44. The van der Waals surface area contributed by atoms with Gasteiger partial charge in [-0.3, -0.25) is 24.1 Å². The maximum absolute atomic E-state index is 12.8. The minimum Gasteiger partial charge on any atom is -0.494 e. The Morgan fingerprint density at radius 3 is 2.75 bits per heavy atom. The van der Waals surface area contributed by atoms with Crippen LogP contribution in [-0.4, -0.2) is 37.6 Å². The third kappa shape index (κ3) is 3.49. The van der Waals surface area contributed by atoms with Gasteiger partial charge in [-0.05, 0) is 18.9 Å². The predicted octanol–water partition coefficient (Wildman–Crippen LogP) is 2.76. The van der Waals surface area contributed by atoms with E-state index in [-0.39, 0.29) is 17.4 Å². The first-order valence-corrected chi connectivity index (χ1v) is 10.3. The number of H-pyrrole nitrogens is 1. The SMILES string of the molecule is COc1c(Nc2cc(NC(=O)C3CC3)nc3[nH]n(C)c(=O)c23)cccc1-c1cnn(C)c1. The molecule has 1 saturated carbocycles. The van der Waals surface area contributed by atoms with E-state index in [1.807, 2.05) is 31.4 Å². The van der Waals surface area contributed by atoms with Gasteiger partial charge in [-0.1, -0.05) is 12.1 Å². The van der Waals surface area contributed by atoms with Crippen LogP contribution in [0.25, 0.3) is 22.2 Å². The van der Waals surface area contributed by atoms with Crippen molar-refractivity contribution in [3.05, 3.63) is 47.0 Å². The van der Waals surface area contributed by atoms with E-state index in [1.165, 1.54) is 4.68 Å². The van der Waals surface area contributed by atoms with Crippen LogP contribution < -0.4 is 20.9 Å². The van der Waals surface area contributed by atoms with Crippen LogP contribution in [0.3, 0.4) is 0 Å². The number of aromatic nitrogens is 5. The number of aryl methyl sites for hydroxylation is 2. The molecule has 5 rings (SSSR count). The number of hydrogen-bond donors (Lipinski definition) is 3. The number of pyridine rings is 1. The molecule has 1 aliphatic carbocycles. The van der Waals surface area contributed by atoms with Crippen molar-refractivity contribution < 1.29 is 9.53 Å². The zero-order valence-electron chi connectivity index (χ0n) is 18.0. The van der Waals surface area contributed by atoms with Gasteiger partial charge in [0.25, 0.3) is 5.56 Å². The van der Waals surface area contributed by atoms with Crippen LogP contribution in [0.1, 0.15) is 12.8 Å². The van der Waals surface area contributed by atoms with Crippen molar-refractivity contribution in [1.82, 2.24) is 24.5 Å². The van der Waals surface area contributed by atoms with Gasteiger partial charge in [0, 0.05) is 43.4 Å². The van der Waals surface area contributed by atoms with Gasteiger partial charge in [-0.25, -0.2) is 4.98 Å². The summed E-state index contributed by atoms with van der Waals surface area (Å²) in [5, 5.41) is 13.7. The standard InChI is InChI=1S/C22H23N7O3/c1-28-11-13(10-23-28)14-5-4-6-15(19(14)32-3)24-16-9-17(26-21(30)12-7-8-12)25-20-18(16)22(31)29(2)27-20/h4-6,9-12H,7-8H2,1-3H3,(H3,24,25,26,27,30). The van der Waals surface area contributed by atoms with Gasteiger partial charge in [-0.2, -0.15) is 5.10 Å². The van der Waals surface area contributed by atoms with Crippen LogP contribution in [0.2, 0.25) is 0 Å². The highest BCUT2D eigenvalue weighted by Crippen LogP contribution is 2.39. The lowest BCUT2D eigenvalue weighted by Gasteiger charge is -2.15. The monoisotopic (exact) mass is 433 g/mol. The molecule has 1 aliphatic rings. The molecule has 3 N–H and O–H groups in total. The maximum Gasteiger partial charge on any atom is 0.277 e. The number of para-hydroxylation sites is 1. The molecule has 0 atom stereocenters. The molecule has 0 spiro atoms. The number of carbonyl (C=O) groups excluding carboxylic acids is 1. The van der Waals surface area contributed by atoms with Gasteiger partial charge < -0.3 is 15.4 Å². The molecule has 4 aromatic rings. The number of hydrogen-bond acceptors (Lipinski definition) is 6. The van der Waals surface area contributed by atoms with Crippen LogP contribution >= 0.6 is 0 Å². The third-order valence-electron chi connectivity index (χ3n) is 5.52. The van der Waals surface area contributed by atoms with Crippen LogP contribution in [0.15, 0.2) is 41.5 Å². The lowest BCUT2D eigenvalue weighted by Crippen LogP contribution is -2.15. The van der Waals surface area contributed by atoms with Gasteiger partial charge in [0.1, 0.15) is 17.0 Å². The Kier molecular flexibility index (Phi) is 4.69. The fourth-order valence-electron chi connectivity index (χ4n) is 3.74. The van der Waals surface area contributed by atoms with Gasteiger partial charge in [0.15, 0.2) is 5.65 Å². The Bertz CT molecular complexity index is 1390. The summed E-state index contributed by atoms with van der Waals surface area (Å²) in [4.78, 5) is 29.5. The molecular weight excluding hydrogens is 410 g/mol. The number of benzene rings is 1. The van der Waals surface area contributed by atoms with Crippen LogP contribution in [0.5, 0.6) is 5.75 Å². The van der Waals surface area contributed by atoms with Gasteiger partial charge in [0.2, 0.25) is 5.91 Å². The van der Waals surface area contributed by atoms with Gasteiger partial charge in [-0.15, -0.1) is 0 Å². The molecule has 32 heavy (non-hydrogen) atoms. The number of rotatable bonds is 6. The Labute approximate surface area is 183 Å². The summed E-state index contributed by atoms with van der Waals surface area (Å²) in [6, 6.07) is 7.38. The number of fused-ring (bicyclic) bond motifs is 1. The summed E-state index contributed by atoms with van der Waals surface area (Å²) >= 11 is 0. The Morgan fingerprint density at radius 2 is 2.06 bits per heavy atom. The molecule has 10 heteroatoms. The van der Waals surface area contributed by atoms with Crippen molar-refractivity contribution in [3.63, 3.8) is 0 Å². The molecule has 0 bridgehead atoms. The number of amides is 1. The minimum atomic E-state index is -0.225. The normalized spacial score (nSPS) is 13.3. The third-order valence-corrected chi connectivity index (χ3v) is 5.52. The number of nitrogens with one attached hydrogen (secondary N) is 3. The van der Waals surface area contributed by atoms with E-state index in [9.17, 15) is 9.59 Å². The first kappa shape index (κ1) is 19.9. The molecule has 3 aromatic heterocycles. The first-order chi connectivity index (χ1) is 15.4. The summed E-state index contributed by atoms with van der Waals surface area (Å²) in [5.74, 6) is 0.967. The molecule has 0 radical (unpaired) electrons. The van der Waals surface area contributed by atoms with Crippen molar-refractivity contribution >= 4 is 34.1 Å². The van der Waals surface area contributed by atoms with Crippen molar-refractivity contribution in [2.75, 3.05) is 17.7 Å². The van der Waals surface area contributed by atoms with E-state index in [2.05, 4.69) is 25.8 Å². The van der Waals surface area contributed by atoms with Crippen LogP contribution in [0, 0.1) is 5.92 Å². The topological polar surface area (TPSA) is 119 Å². The quantitative estimate of drug-likeness (QED) is 0.430. The minimum absolute atomic E-state index is 0.0370. The fraction of sp³-hybridized carbons (Fsp3) is 0.273. The highest BCUT2D eigenvalue weighted by molar-refractivity contribution is 5.98. The molecule has 10 nitrogen and oxygen atoms in total. The van der Waals surface area contributed by atoms with Gasteiger partial charge in [0.05, 0.1) is 24.7 Å². The van der Waals surface area contributed by atoms with Crippen molar-refractivity contribution in [3.8, 4) is 16.9 Å². The van der Waals surface area contributed by atoms with E-state index >= 15 is 0 Å². The van der Waals surface area contributed by atoms with E-state index in [4.69, 9.17) is 4.74 Å². The first-order valence-electron chi connectivity index (χ1n) is 10.3. The number of carbonyl (C=O) groups is 1. The van der Waals surface area contributed by atoms with Crippen LogP contribution in [-0.2, 0) is 18.9 Å². The molecule has 0 unspecified atom stereocenters. The van der Waals surface area contributed by atoms with E-state index in [1.54, 1.807) is 31.1 Å². The number of ether oxygens (including phenoxy) is 1. The van der Waals surface area contributed by atoms with Crippen molar-refractivity contribution in [2.45, 2.75) is 12.8 Å². The molecule has 1 aromatic carbocycles. The maximum atomic E-state index is 12.8. The molecular formula is C22H23N7O3. The molecule has 1 amide bonds. The lowest BCUT2D eigenvalue weighted by atomic mass is 10.1. The second-order valence-electron chi connectivity index (χ2n) is 7.93. The number of nitrogens with zero attached hydrogens (tertiary/aromatic N) is 4. The lowest BCUT2D eigenvalue weighted by molar-refractivity contribution is -0.117. The second-order valence-corrected chi connectivity index (χ2v) is 7.93. The van der Waals surface area contributed by atoms with Crippen LogP contribution in [0.4, 0.5) is 17.2 Å². The summed E-state index contributed by atoms with van der Waals surface area (Å²) in [6.45, 7) is 0. The Balaban J connectivity index is 1.60. The van der Waals surface area contributed by atoms with Gasteiger partial charge >= 0.3 is 0 Å². The van der Waals surface area contributed by atoms with E-state index in [0.29, 0.717) is 34.0 Å². The van der Waals surface area contributed by atoms with E-state index < -0.39 is 0 Å². The highest BCUT2D eigenvalue weighted by atomic mass is 16.5. The number of anilines is 3. The summed E-state index contributed by atoms with van der Waals surface area (Å²) < 4.78 is 8.80. The molecule has 0 saturated heterocycles. The average Bonchev–Trinajstić information content (AvgIpc) is 3.47. The van der Waals surface area contributed by atoms with Crippen molar-refractivity contribution in [2.24, 2.45) is 20.0 Å². The summed E-state index contributed by atoms with van der Waals surface area (Å²) in [5.41, 5.74) is 3.12. The zero-order chi connectivity index (χ0) is 22.4. The zero-order valence-corrected chi connectivity index (χ0v) is 18.0. The van der Waals surface area contributed by atoms with E-state index in [0.717, 1.165) is 24.0 Å². The smallest absolute Gasteiger partial charge is 0.277 e. The van der Waals surface area contributed by atoms with Crippen molar-refractivity contribution in [1.29, 1.82) is 0 Å². The molecule has 3 heterocycles. The number of methoxy groups -OCH3 is 1. The molecule has 0 aliphatic heterocycles. The highest BCUT2D eigenvalue weighted by Gasteiger charge is 2.30. The predicted molar refractivity (Wildman–Crippen MR) is 121 cm³/mol. The second kappa shape index (κ2) is 7.56. The Hall–Kier alpha value is -4.08. The number of aromatic amines is 1. The average molecular weight is 433 g/mol. The largest absolute Gasteiger partial charge is 0.494 e. The molecule has 1 fully saturated rings.